The number of hydrogen-bond acceptors (Lipinski definition) is 5. The molecule has 1 aliphatic carbocycles. The van der Waals surface area contributed by atoms with E-state index >= 15 is 0 Å². The first-order chi connectivity index (χ1) is 14.5. The molecular weight excluding hydrogens is 384 g/mol. The summed E-state index contributed by atoms with van der Waals surface area (Å²) in [5, 5.41) is 0. The number of carbonyl (C=O) groups is 2. The van der Waals surface area contributed by atoms with Crippen molar-refractivity contribution in [1.82, 2.24) is 4.90 Å². The molecule has 7 rings (SSSR count). The van der Waals surface area contributed by atoms with Gasteiger partial charge in [0.1, 0.15) is 5.41 Å². The number of allylic oxidation sites excluding steroid dienone is 1. The maximum atomic E-state index is 14.1. The summed E-state index contributed by atoms with van der Waals surface area (Å²) in [6.45, 7) is 1.46. The van der Waals surface area contributed by atoms with E-state index in [4.69, 9.17) is 14.2 Å². The number of para-hydroxylation sites is 1. The summed E-state index contributed by atoms with van der Waals surface area (Å²) in [7, 11) is 3.03. The second-order valence-corrected chi connectivity index (χ2v) is 9.03. The van der Waals surface area contributed by atoms with Gasteiger partial charge in [-0.05, 0) is 43.7 Å². The van der Waals surface area contributed by atoms with Crippen LogP contribution >= 0.6 is 0 Å². The van der Waals surface area contributed by atoms with Crippen LogP contribution in [0.25, 0.3) is 0 Å². The van der Waals surface area contributed by atoms with Gasteiger partial charge in [0.15, 0.2) is 0 Å². The van der Waals surface area contributed by atoms with Crippen LogP contribution in [0.4, 0.5) is 10.5 Å². The van der Waals surface area contributed by atoms with E-state index < -0.39 is 23.0 Å². The van der Waals surface area contributed by atoms with Gasteiger partial charge < -0.3 is 19.1 Å². The fraction of sp³-hybridized carbons (Fsp3) is 0.565. The molecule has 0 aromatic heterocycles. The Hall–Kier alpha value is -2.38. The average Bonchev–Trinajstić information content (AvgIpc) is 3.21. The number of fused-ring (bicyclic) bond motifs is 5. The fourth-order valence-corrected chi connectivity index (χ4v) is 7.06. The molecule has 0 saturated carbocycles. The second-order valence-electron chi connectivity index (χ2n) is 9.03. The molecule has 3 saturated heterocycles. The number of cyclic esters (lactones) is 1. The van der Waals surface area contributed by atoms with Crippen LogP contribution < -0.4 is 4.90 Å². The molecule has 5 aliphatic heterocycles. The summed E-state index contributed by atoms with van der Waals surface area (Å²) in [4.78, 5) is 31.4. The Balaban J connectivity index is 1.72. The summed E-state index contributed by atoms with van der Waals surface area (Å²) in [6.07, 6.45) is 5.54. The van der Waals surface area contributed by atoms with E-state index in [0.717, 1.165) is 30.6 Å². The van der Waals surface area contributed by atoms with Crippen molar-refractivity contribution in [3.05, 3.63) is 41.5 Å². The van der Waals surface area contributed by atoms with Gasteiger partial charge in [-0.2, -0.15) is 0 Å². The highest BCUT2D eigenvalue weighted by molar-refractivity contribution is 6.05. The third-order valence-electron chi connectivity index (χ3n) is 8.23. The van der Waals surface area contributed by atoms with Gasteiger partial charge >= 0.3 is 12.1 Å². The average molecular weight is 410 g/mol. The van der Waals surface area contributed by atoms with Gasteiger partial charge in [-0.3, -0.25) is 9.69 Å². The molecule has 1 aromatic rings. The monoisotopic (exact) mass is 410 g/mol. The Morgan fingerprint density at radius 2 is 1.93 bits per heavy atom. The van der Waals surface area contributed by atoms with Gasteiger partial charge in [-0.25, -0.2) is 4.79 Å². The van der Waals surface area contributed by atoms with Crippen LogP contribution in [0.1, 0.15) is 37.7 Å². The SMILES string of the molecule is COC1(OC)OC(=O)N2c3ccccc3[C@@]34CCN(CCCC5=CC[C@]23[C@@H]1C5)C4=O. The third kappa shape index (κ3) is 1.81. The smallest absolute Gasteiger partial charge is 0.391 e. The van der Waals surface area contributed by atoms with E-state index in [2.05, 4.69) is 6.08 Å². The molecule has 1 aromatic carbocycles. The molecule has 7 heteroatoms. The lowest BCUT2D eigenvalue weighted by Crippen LogP contribution is -2.76. The van der Waals surface area contributed by atoms with E-state index in [1.165, 1.54) is 19.8 Å². The molecule has 3 atom stereocenters. The van der Waals surface area contributed by atoms with Gasteiger partial charge in [-0.1, -0.05) is 29.8 Å². The van der Waals surface area contributed by atoms with Crippen molar-refractivity contribution in [2.45, 2.75) is 49.0 Å². The first-order valence-corrected chi connectivity index (χ1v) is 10.7. The van der Waals surface area contributed by atoms with Crippen LogP contribution in [-0.4, -0.2) is 55.7 Å². The summed E-state index contributed by atoms with van der Waals surface area (Å²) < 4.78 is 17.5. The normalized spacial score (nSPS) is 35.7. The summed E-state index contributed by atoms with van der Waals surface area (Å²) in [5.41, 5.74) is 1.39. The third-order valence-corrected chi connectivity index (χ3v) is 8.23. The molecule has 158 valence electrons. The van der Waals surface area contributed by atoms with E-state index in [-0.39, 0.29) is 11.8 Å². The van der Waals surface area contributed by atoms with E-state index in [1.807, 2.05) is 29.2 Å². The molecule has 0 N–H and O–H groups in total. The van der Waals surface area contributed by atoms with Crippen LogP contribution in [0.5, 0.6) is 0 Å². The number of benzene rings is 1. The van der Waals surface area contributed by atoms with Crippen molar-refractivity contribution >= 4 is 17.7 Å². The molecule has 6 aliphatic rings. The molecule has 7 nitrogen and oxygen atoms in total. The van der Waals surface area contributed by atoms with Gasteiger partial charge in [0.05, 0.1) is 17.1 Å². The fourth-order valence-electron chi connectivity index (χ4n) is 7.06. The highest BCUT2D eigenvalue weighted by Gasteiger charge is 2.78. The maximum absolute atomic E-state index is 14.1. The number of rotatable bonds is 2. The topological polar surface area (TPSA) is 68.3 Å². The van der Waals surface area contributed by atoms with E-state index in [1.54, 1.807) is 4.90 Å². The lowest BCUT2D eigenvalue weighted by atomic mass is 9.55. The number of nitrogens with zero attached hydrogens (tertiary/aromatic N) is 2. The lowest BCUT2D eigenvalue weighted by Gasteiger charge is -2.59. The van der Waals surface area contributed by atoms with Crippen LogP contribution in [0.2, 0.25) is 0 Å². The standard InChI is InChI=1S/C23H26N2O5/c1-28-23(29-2)18-14-15-6-5-12-24-13-11-21(19(24)26)16-7-3-4-8-17(16)25(20(27)30-23)22(18,21)10-9-15/h3-4,7-9,18H,5-6,10-14H2,1-2H3/t18-,21+,22+/m0/s1. The minimum Gasteiger partial charge on any atom is -0.391 e. The van der Waals surface area contributed by atoms with Crippen LogP contribution in [0.15, 0.2) is 35.9 Å². The van der Waals surface area contributed by atoms with E-state index in [0.29, 0.717) is 25.8 Å². The van der Waals surface area contributed by atoms with Gasteiger partial charge in [0.25, 0.3) is 0 Å². The highest BCUT2D eigenvalue weighted by atomic mass is 16.9. The number of ether oxygens (including phenoxy) is 3. The van der Waals surface area contributed by atoms with Gasteiger partial charge in [0.2, 0.25) is 5.91 Å². The molecular formula is C23H26N2O5. The minimum atomic E-state index is -1.52. The number of methoxy groups -OCH3 is 2. The van der Waals surface area contributed by atoms with Gasteiger partial charge in [-0.15, -0.1) is 0 Å². The molecule has 0 unspecified atom stereocenters. The van der Waals surface area contributed by atoms with E-state index in [9.17, 15) is 9.59 Å². The van der Waals surface area contributed by atoms with Crippen molar-refractivity contribution in [2.24, 2.45) is 5.92 Å². The van der Waals surface area contributed by atoms with Crippen LogP contribution in [0.3, 0.4) is 0 Å². The van der Waals surface area contributed by atoms with Crippen molar-refractivity contribution in [2.75, 3.05) is 32.2 Å². The molecule has 4 bridgehead atoms. The van der Waals surface area contributed by atoms with Crippen molar-refractivity contribution in [3.8, 4) is 0 Å². The number of anilines is 1. The predicted molar refractivity (Wildman–Crippen MR) is 108 cm³/mol. The quantitative estimate of drug-likeness (QED) is 0.554. The Bertz CT molecular complexity index is 986. The zero-order valence-corrected chi connectivity index (χ0v) is 17.3. The Labute approximate surface area is 175 Å². The second kappa shape index (κ2) is 5.86. The Morgan fingerprint density at radius 1 is 1.13 bits per heavy atom. The Kier molecular flexibility index (Phi) is 3.59. The molecule has 30 heavy (non-hydrogen) atoms. The first-order valence-electron chi connectivity index (χ1n) is 10.7. The van der Waals surface area contributed by atoms with Gasteiger partial charge in [0, 0.05) is 27.3 Å². The zero-order chi connectivity index (χ0) is 20.7. The summed E-state index contributed by atoms with van der Waals surface area (Å²) >= 11 is 0. The lowest BCUT2D eigenvalue weighted by molar-refractivity contribution is -0.381. The molecule has 0 radical (unpaired) electrons. The largest absolute Gasteiger partial charge is 0.419 e. The molecule has 2 amide bonds. The first kappa shape index (κ1) is 18.4. The zero-order valence-electron chi connectivity index (χ0n) is 17.3. The maximum Gasteiger partial charge on any atom is 0.419 e. The molecule has 5 heterocycles. The minimum absolute atomic E-state index is 0.122. The number of amides is 2. The molecule has 3 fully saturated rings. The Morgan fingerprint density at radius 3 is 2.73 bits per heavy atom. The van der Waals surface area contributed by atoms with Crippen molar-refractivity contribution < 1.29 is 23.8 Å². The van der Waals surface area contributed by atoms with Crippen molar-refractivity contribution in [3.63, 3.8) is 0 Å². The summed E-state index contributed by atoms with van der Waals surface area (Å²) in [6, 6.07) is 7.83. The number of hydrogen-bond donors (Lipinski definition) is 0. The van der Waals surface area contributed by atoms with Crippen LogP contribution in [0, 0.1) is 5.92 Å². The van der Waals surface area contributed by atoms with Crippen LogP contribution in [-0.2, 0) is 24.4 Å². The van der Waals surface area contributed by atoms with Crippen molar-refractivity contribution in [1.29, 1.82) is 0 Å². The molecule has 2 spiro atoms. The number of carbonyl (C=O) groups excluding carboxylic acids is 2. The highest BCUT2D eigenvalue weighted by Crippen LogP contribution is 2.67. The summed E-state index contributed by atoms with van der Waals surface area (Å²) in [5.74, 6) is -1.72. The predicted octanol–water partition coefficient (Wildman–Crippen LogP) is 2.94.